The van der Waals surface area contributed by atoms with Gasteiger partial charge in [-0.05, 0) is 50.1 Å². The van der Waals surface area contributed by atoms with Crippen molar-refractivity contribution in [1.29, 1.82) is 0 Å². The van der Waals surface area contributed by atoms with Crippen molar-refractivity contribution in [1.82, 2.24) is 4.57 Å². The quantitative estimate of drug-likeness (QED) is 0.621. The first-order valence-electron chi connectivity index (χ1n) is 7.77. The summed E-state index contributed by atoms with van der Waals surface area (Å²) in [5.41, 5.74) is 7.03. The van der Waals surface area contributed by atoms with Gasteiger partial charge in [0.15, 0.2) is 0 Å². The summed E-state index contributed by atoms with van der Waals surface area (Å²) in [6.07, 6.45) is 1.77. The minimum absolute atomic E-state index is 0.0780. The van der Waals surface area contributed by atoms with E-state index in [-0.39, 0.29) is 4.90 Å². The summed E-state index contributed by atoms with van der Waals surface area (Å²) in [4.78, 5) is 0.0780. The van der Waals surface area contributed by atoms with E-state index >= 15 is 0 Å². The van der Waals surface area contributed by atoms with E-state index < -0.39 is 10.0 Å². The van der Waals surface area contributed by atoms with Crippen LogP contribution >= 0.6 is 0 Å². The van der Waals surface area contributed by atoms with E-state index in [0.29, 0.717) is 11.6 Å². The lowest BCUT2D eigenvalue weighted by molar-refractivity contribution is 0.509. The maximum atomic E-state index is 11.2. The Morgan fingerprint density at radius 3 is 2.42 bits per heavy atom. The van der Waals surface area contributed by atoms with Gasteiger partial charge in [-0.1, -0.05) is 13.8 Å². The van der Waals surface area contributed by atoms with Crippen LogP contribution in [0, 0.1) is 19.8 Å². The molecule has 3 N–H and O–H groups in total. The van der Waals surface area contributed by atoms with Gasteiger partial charge in [0, 0.05) is 23.5 Å². The lowest BCUT2D eigenvalue weighted by Crippen LogP contribution is -2.11. The monoisotopic (exact) mass is 348 g/mol. The van der Waals surface area contributed by atoms with Gasteiger partial charge < -0.3 is 4.57 Å². The fourth-order valence-electron chi connectivity index (χ4n) is 2.50. The number of nitrogens with zero attached hydrogens (tertiary/aromatic N) is 2. The normalized spacial score (nSPS) is 12.2. The summed E-state index contributed by atoms with van der Waals surface area (Å²) in [5.74, 6) is 0.579. The molecule has 1 aromatic carbocycles. The Hall–Kier alpha value is -2.12. The molecule has 0 fully saturated rings. The van der Waals surface area contributed by atoms with Gasteiger partial charge in [0.25, 0.3) is 0 Å². The van der Waals surface area contributed by atoms with Crippen molar-refractivity contribution in [2.24, 2.45) is 16.2 Å². The van der Waals surface area contributed by atoms with E-state index in [9.17, 15) is 8.42 Å². The predicted molar refractivity (Wildman–Crippen MR) is 97.8 cm³/mol. The molecule has 24 heavy (non-hydrogen) atoms. The van der Waals surface area contributed by atoms with Crippen molar-refractivity contribution >= 4 is 21.9 Å². The summed E-state index contributed by atoms with van der Waals surface area (Å²) < 4.78 is 24.7. The number of nitrogens with one attached hydrogen (secondary N) is 1. The summed E-state index contributed by atoms with van der Waals surface area (Å²) in [5, 5.41) is 9.30. The van der Waals surface area contributed by atoms with Gasteiger partial charge in [-0.25, -0.2) is 13.6 Å². The fraction of sp³-hybridized carbons (Fsp3) is 0.353. The Balaban J connectivity index is 2.09. The fourth-order valence-corrected chi connectivity index (χ4v) is 3.02. The third-order valence-corrected chi connectivity index (χ3v) is 4.67. The zero-order chi connectivity index (χ0) is 17.9. The van der Waals surface area contributed by atoms with Crippen LogP contribution in [0.3, 0.4) is 0 Å². The molecular weight excluding hydrogens is 324 g/mol. The van der Waals surface area contributed by atoms with Crippen LogP contribution in [0.2, 0.25) is 0 Å². The van der Waals surface area contributed by atoms with Gasteiger partial charge in [0.05, 0.1) is 16.8 Å². The molecule has 130 valence electrons. The molecule has 1 aromatic heterocycles. The first kappa shape index (κ1) is 18.2. The molecule has 0 unspecified atom stereocenters. The minimum atomic E-state index is -3.67. The Morgan fingerprint density at radius 1 is 1.25 bits per heavy atom. The van der Waals surface area contributed by atoms with Gasteiger partial charge >= 0.3 is 0 Å². The molecule has 0 saturated heterocycles. The third-order valence-electron chi connectivity index (χ3n) is 3.74. The number of aryl methyl sites for hydroxylation is 1. The number of benzene rings is 1. The second kappa shape index (κ2) is 7.19. The summed E-state index contributed by atoms with van der Waals surface area (Å²) >= 11 is 0. The number of aromatic nitrogens is 1. The molecule has 6 nitrogen and oxygen atoms in total. The highest BCUT2D eigenvalue weighted by atomic mass is 32.2. The minimum Gasteiger partial charge on any atom is -0.348 e. The summed E-state index contributed by atoms with van der Waals surface area (Å²) in [6.45, 7) is 9.54. The highest BCUT2D eigenvalue weighted by Crippen LogP contribution is 2.16. The lowest BCUT2D eigenvalue weighted by atomic mass is 10.2. The number of hydrazone groups is 1. The number of anilines is 1. The van der Waals surface area contributed by atoms with E-state index in [0.717, 1.165) is 12.1 Å². The van der Waals surface area contributed by atoms with Crippen LogP contribution in [-0.4, -0.2) is 19.2 Å². The number of hydrogen-bond donors (Lipinski definition) is 2. The average Bonchev–Trinajstić information content (AvgIpc) is 2.74. The Bertz CT molecular complexity index is 834. The summed E-state index contributed by atoms with van der Waals surface area (Å²) in [7, 11) is -3.67. The van der Waals surface area contributed by atoms with Crippen LogP contribution in [0.5, 0.6) is 0 Å². The van der Waals surface area contributed by atoms with Gasteiger partial charge in [0.1, 0.15) is 0 Å². The van der Waals surface area contributed by atoms with Crippen LogP contribution in [0.25, 0.3) is 0 Å². The molecule has 0 atom stereocenters. The predicted octanol–water partition coefficient (Wildman–Crippen LogP) is 2.85. The molecule has 0 saturated carbocycles. The van der Waals surface area contributed by atoms with Crippen molar-refractivity contribution in [3.05, 3.63) is 47.3 Å². The highest BCUT2D eigenvalue weighted by molar-refractivity contribution is 7.89. The third kappa shape index (κ3) is 4.46. The second-order valence-electron chi connectivity index (χ2n) is 6.27. The molecule has 7 heteroatoms. The van der Waals surface area contributed by atoms with E-state index in [1.165, 1.54) is 23.5 Å². The van der Waals surface area contributed by atoms with Crippen molar-refractivity contribution in [2.45, 2.75) is 39.1 Å². The Morgan fingerprint density at radius 2 is 1.88 bits per heavy atom. The zero-order valence-electron chi connectivity index (χ0n) is 14.4. The van der Waals surface area contributed by atoms with Gasteiger partial charge in [-0.2, -0.15) is 5.10 Å². The summed E-state index contributed by atoms with van der Waals surface area (Å²) in [6, 6.07) is 8.24. The van der Waals surface area contributed by atoms with Gasteiger partial charge in [-0.15, -0.1) is 0 Å². The van der Waals surface area contributed by atoms with Crippen molar-refractivity contribution in [2.75, 3.05) is 5.43 Å². The molecule has 0 aliphatic rings. The first-order valence-corrected chi connectivity index (χ1v) is 9.32. The lowest BCUT2D eigenvalue weighted by Gasteiger charge is -2.11. The van der Waals surface area contributed by atoms with Crippen LogP contribution in [0.1, 0.15) is 30.8 Å². The molecule has 2 rings (SSSR count). The Kier molecular flexibility index (Phi) is 5.46. The SMILES string of the molecule is Cc1cc(C=NNc2ccc(S(N)(=O)=O)cc2)c(C)n1CC(C)C. The number of rotatable bonds is 6. The maximum Gasteiger partial charge on any atom is 0.238 e. The Labute approximate surface area is 143 Å². The standard InChI is InChI=1S/C17H24N4O2S/c1-12(2)11-21-13(3)9-15(14(21)4)10-19-20-16-5-7-17(8-6-16)24(18,22)23/h5-10,12,20H,11H2,1-4H3,(H2,18,22,23). The first-order chi connectivity index (χ1) is 11.2. The van der Waals surface area contributed by atoms with E-state index in [2.05, 4.69) is 48.9 Å². The van der Waals surface area contributed by atoms with Crippen LogP contribution in [0.4, 0.5) is 5.69 Å². The smallest absolute Gasteiger partial charge is 0.238 e. The van der Waals surface area contributed by atoms with Crippen LogP contribution in [0.15, 0.2) is 40.3 Å². The number of hydrogen-bond acceptors (Lipinski definition) is 4. The highest BCUT2D eigenvalue weighted by Gasteiger charge is 2.09. The van der Waals surface area contributed by atoms with Crippen molar-refractivity contribution in [3.63, 3.8) is 0 Å². The number of sulfonamides is 1. The van der Waals surface area contributed by atoms with E-state index in [1.54, 1.807) is 18.3 Å². The molecule has 0 radical (unpaired) electrons. The molecular formula is C17H24N4O2S. The topological polar surface area (TPSA) is 89.5 Å². The van der Waals surface area contributed by atoms with Crippen molar-refractivity contribution < 1.29 is 8.42 Å². The zero-order valence-corrected chi connectivity index (χ0v) is 15.3. The number of primary sulfonamides is 1. The maximum absolute atomic E-state index is 11.2. The largest absolute Gasteiger partial charge is 0.348 e. The number of nitrogens with two attached hydrogens (primary N) is 1. The molecule has 0 amide bonds. The molecule has 0 bridgehead atoms. The molecule has 1 heterocycles. The molecule has 0 aliphatic heterocycles. The average molecular weight is 348 g/mol. The van der Waals surface area contributed by atoms with Crippen molar-refractivity contribution in [3.8, 4) is 0 Å². The van der Waals surface area contributed by atoms with Gasteiger partial charge in [0.2, 0.25) is 10.0 Å². The van der Waals surface area contributed by atoms with Gasteiger partial charge in [-0.3, -0.25) is 5.43 Å². The van der Waals surface area contributed by atoms with E-state index in [1.807, 2.05) is 0 Å². The molecule has 2 aromatic rings. The van der Waals surface area contributed by atoms with Crippen LogP contribution < -0.4 is 10.6 Å². The second-order valence-corrected chi connectivity index (χ2v) is 7.83. The van der Waals surface area contributed by atoms with E-state index in [4.69, 9.17) is 5.14 Å². The molecule has 0 aliphatic carbocycles. The molecule has 0 spiro atoms. The van der Waals surface area contributed by atoms with Crippen LogP contribution in [-0.2, 0) is 16.6 Å².